The third kappa shape index (κ3) is 3.27. The summed E-state index contributed by atoms with van der Waals surface area (Å²) in [4.78, 5) is 4.09. The number of pyridine rings is 1. The second-order valence-electron chi connectivity index (χ2n) is 5.33. The van der Waals surface area contributed by atoms with E-state index < -0.39 is 10.0 Å². The van der Waals surface area contributed by atoms with Gasteiger partial charge in [0.1, 0.15) is 0 Å². The lowest BCUT2D eigenvalue weighted by molar-refractivity contribution is 0.386. The van der Waals surface area contributed by atoms with Crippen LogP contribution in [-0.4, -0.2) is 47.8 Å². The number of nitrogens with one attached hydrogen (secondary N) is 1. The highest BCUT2D eigenvalue weighted by atomic mass is 32.2. The summed E-state index contributed by atoms with van der Waals surface area (Å²) < 4.78 is 27.1. The number of thioether (sulfide) groups is 1. The van der Waals surface area contributed by atoms with Crippen LogP contribution in [-0.2, 0) is 10.0 Å². The summed E-state index contributed by atoms with van der Waals surface area (Å²) in [5.41, 5.74) is 0.575. The van der Waals surface area contributed by atoms with Gasteiger partial charge in [-0.15, -0.1) is 0 Å². The first-order chi connectivity index (χ1) is 9.37. The van der Waals surface area contributed by atoms with Gasteiger partial charge in [-0.3, -0.25) is 0 Å². The van der Waals surface area contributed by atoms with Crippen molar-refractivity contribution in [3.05, 3.63) is 18.3 Å². The predicted molar refractivity (Wildman–Crippen MR) is 83.7 cm³/mol. The summed E-state index contributed by atoms with van der Waals surface area (Å²) >= 11 is 1.81. The second kappa shape index (κ2) is 5.91. The number of hydrogen-bond acceptors (Lipinski definition) is 5. The Hall–Kier alpha value is -0.790. The van der Waals surface area contributed by atoms with Crippen molar-refractivity contribution in [1.29, 1.82) is 0 Å². The number of hydrogen-bond donors (Lipinski definition) is 1. The lowest BCUT2D eigenvalue weighted by Gasteiger charge is -2.36. The highest BCUT2D eigenvalue weighted by Crippen LogP contribution is 2.33. The van der Waals surface area contributed by atoms with Crippen molar-refractivity contribution < 1.29 is 8.42 Å². The van der Waals surface area contributed by atoms with Crippen molar-refractivity contribution in [2.24, 2.45) is 0 Å². The molecule has 2 rings (SSSR count). The molecule has 0 atom stereocenters. The highest BCUT2D eigenvalue weighted by Gasteiger charge is 2.36. The second-order valence-corrected chi connectivity index (χ2v) is 8.99. The van der Waals surface area contributed by atoms with E-state index in [1.165, 1.54) is 6.20 Å². The van der Waals surface area contributed by atoms with Crippen LogP contribution in [0.25, 0.3) is 0 Å². The van der Waals surface area contributed by atoms with Gasteiger partial charge >= 0.3 is 0 Å². The fourth-order valence-electron chi connectivity index (χ4n) is 2.22. The summed E-state index contributed by atoms with van der Waals surface area (Å²) in [6, 6.07) is 3.50. The predicted octanol–water partition coefficient (Wildman–Crippen LogP) is 2.03. The Kier molecular flexibility index (Phi) is 4.61. The normalized spacial score (nSPS) is 19.8. The minimum atomic E-state index is -3.54. The molecule has 1 aliphatic heterocycles. The van der Waals surface area contributed by atoms with Crippen molar-refractivity contribution in [3.8, 4) is 0 Å². The maximum atomic E-state index is 12.8. The average molecular weight is 315 g/mol. The monoisotopic (exact) mass is 315 g/mol. The molecule has 0 bridgehead atoms. The first kappa shape index (κ1) is 15.6. The molecule has 0 aromatic carbocycles. The van der Waals surface area contributed by atoms with Crippen molar-refractivity contribution in [3.63, 3.8) is 0 Å². The zero-order chi connectivity index (χ0) is 14.8. The molecule has 1 N–H and O–H groups in total. The molecule has 1 saturated heterocycles. The van der Waals surface area contributed by atoms with Crippen LogP contribution < -0.4 is 5.32 Å². The van der Waals surface area contributed by atoms with Gasteiger partial charge in [-0.1, -0.05) is 0 Å². The van der Waals surface area contributed by atoms with E-state index in [4.69, 9.17) is 0 Å². The van der Waals surface area contributed by atoms with Crippen LogP contribution >= 0.6 is 11.8 Å². The van der Waals surface area contributed by atoms with Gasteiger partial charge in [0.2, 0.25) is 0 Å². The van der Waals surface area contributed by atoms with Gasteiger partial charge in [0, 0.05) is 36.3 Å². The lowest BCUT2D eigenvalue weighted by Crippen LogP contribution is -2.46. The molecule has 112 valence electrons. The smallest absolute Gasteiger partial charge is 0.262 e. The maximum absolute atomic E-state index is 12.8. The summed E-state index contributed by atoms with van der Waals surface area (Å²) in [5, 5.41) is 3.20. The van der Waals surface area contributed by atoms with E-state index >= 15 is 0 Å². The molecule has 1 fully saturated rings. The molecule has 0 spiro atoms. The average Bonchev–Trinajstić information content (AvgIpc) is 2.38. The molecule has 0 aliphatic carbocycles. The molecule has 1 aliphatic rings. The van der Waals surface area contributed by atoms with Gasteiger partial charge in [-0.05, 0) is 32.9 Å². The molecular formula is C13H21N3O2S2. The Morgan fingerprint density at radius 3 is 2.90 bits per heavy atom. The molecule has 0 amide bonds. The number of sulfonamides is 1. The van der Waals surface area contributed by atoms with Gasteiger partial charge in [-0.25, -0.2) is 13.4 Å². The van der Waals surface area contributed by atoms with E-state index in [1.807, 2.05) is 18.7 Å². The van der Waals surface area contributed by atoms with Crippen LogP contribution in [0.15, 0.2) is 23.4 Å². The van der Waals surface area contributed by atoms with E-state index in [0.29, 0.717) is 25.3 Å². The van der Waals surface area contributed by atoms with E-state index in [9.17, 15) is 8.42 Å². The molecule has 0 saturated carbocycles. The van der Waals surface area contributed by atoms with Crippen molar-refractivity contribution in [2.75, 3.05) is 30.7 Å². The first-order valence-corrected chi connectivity index (χ1v) is 9.12. The molecule has 0 unspecified atom stereocenters. The van der Waals surface area contributed by atoms with Gasteiger partial charge in [0.25, 0.3) is 10.0 Å². The number of rotatable bonds is 4. The van der Waals surface area contributed by atoms with E-state index in [1.54, 1.807) is 16.4 Å². The fourth-order valence-corrected chi connectivity index (χ4v) is 5.21. The van der Waals surface area contributed by atoms with Crippen LogP contribution in [0.5, 0.6) is 0 Å². The molecule has 5 nitrogen and oxygen atoms in total. The molecule has 2 heterocycles. The van der Waals surface area contributed by atoms with Crippen molar-refractivity contribution in [1.82, 2.24) is 9.29 Å². The Labute approximate surface area is 125 Å². The molecule has 1 aromatic heterocycles. The van der Waals surface area contributed by atoms with Crippen LogP contribution in [0, 0.1) is 0 Å². The topological polar surface area (TPSA) is 62.3 Å². The van der Waals surface area contributed by atoms with Crippen molar-refractivity contribution >= 4 is 27.5 Å². The molecule has 7 heteroatoms. The number of anilines is 1. The zero-order valence-electron chi connectivity index (χ0n) is 12.1. The summed E-state index contributed by atoms with van der Waals surface area (Å²) in [5.74, 6) is 0.815. The number of aromatic nitrogens is 1. The third-order valence-electron chi connectivity index (χ3n) is 3.11. The lowest BCUT2D eigenvalue weighted by atomic mass is 10.2. The largest absolute Gasteiger partial charge is 0.383 e. The Morgan fingerprint density at radius 2 is 2.25 bits per heavy atom. The van der Waals surface area contributed by atoms with Gasteiger partial charge in [0.05, 0.1) is 5.69 Å². The Balaban J connectivity index is 2.35. The van der Waals surface area contributed by atoms with Crippen LogP contribution in [0.2, 0.25) is 0 Å². The minimum Gasteiger partial charge on any atom is -0.383 e. The van der Waals surface area contributed by atoms with Crippen LogP contribution in [0.3, 0.4) is 0 Å². The number of nitrogens with zero attached hydrogens (tertiary/aromatic N) is 2. The van der Waals surface area contributed by atoms with E-state index in [-0.39, 0.29) is 9.77 Å². The van der Waals surface area contributed by atoms with Crippen LogP contribution in [0.1, 0.15) is 20.8 Å². The van der Waals surface area contributed by atoms with E-state index in [0.717, 1.165) is 5.75 Å². The fraction of sp³-hybridized carbons (Fsp3) is 0.615. The summed E-state index contributed by atoms with van der Waals surface area (Å²) in [7, 11) is -3.54. The highest BCUT2D eigenvalue weighted by molar-refractivity contribution is 8.00. The SMILES string of the molecule is CCNc1cccnc1S(=O)(=O)N1CCSC(C)(C)C1. The maximum Gasteiger partial charge on any atom is 0.262 e. The Bertz CT molecular complexity index is 573. The molecular weight excluding hydrogens is 294 g/mol. The standard InChI is InChI=1S/C13H21N3O2S2/c1-4-14-11-6-5-7-15-12(11)20(17,18)16-8-9-19-13(2,3)10-16/h5-7,14H,4,8-10H2,1-3H3. The quantitative estimate of drug-likeness (QED) is 0.921. The molecule has 20 heavy (non-hydrogen) atoms. The van der Waals surface area contributed by atoms with Gasteiger partial charge in [0.15, 0.2) is 5.03 Å². The van der Waals surface area contributed by atoms with E-state index in [2.05, 4.69) is 24.1 Å². The first-order valence-electron chi connectivity index (χ1n) is 6.70. The summed E-state index contributed by atoms with van der Waals surface area (Å²) in [6.45, 7) is 7.80. The van der Waals surface area contributed by atoms with Gasteiger partial charge < -0.3 is 5.32 Å². The Morgan fingerprint density at radius 1 is 1.50 bits per heavy atom. The minimum absolute atomic E-state index is 0.0571. The van der Waals surface area contributed by atoms with Gasteiger partial charge in [-0.2, -0.15) is 16.1 Å². The molecule has 1 aromatic rings. The third-order valence-corrected chi connectivity index (χ3v) is 6.22. The molecule has 0 radical (unpaired) electrons. The zero-order valence-corrected chi connectivity index (χ0v) is 13.7. The van der Waals surface area contributed by atoms with Crippen molar-refractivity contribution in [2.45, 2.75) is 30.5 Å². The summed E-state index contributed by atoms with van der Waals surface area (Å²) in [6.07, 6.45) is 1.53. The van der Waals surface area contributed by atoms with Crippen LogP contribution in [0.4, 0.5) is 5.69 Å².